The summed E-state index contributed by atoms with van der Waals surface area (Å²) in [5.41, 5.74) is 4.04. The van der Waals surface area contributed by atoms with Crippen molar-refractivity contribution >= 4 is 5.91 Å². The maximum absolute atomic E-state index is 13.3. The van der Waals surface area contributed by atoms with Gasteiger partial charge in [0.25, 0.3) is 5.91 Å². The van der Waals surface area contributed by atoms with E-state index in [2.05, 4.69) is 17.1 Å². The molecule has 1 amide bonds. The van der Waals surface area contributed by atoms with Gasteiger partial charge in [-0.05, 0) is 38.8 Å². The van der Waals surface area contributed by atoms with E-state index in [0.29, 0.717) is 24.7 Å². The second-order valence-electron chi connectivity index (χ2n) is 8.28. The van der Waals surface area contributed by atoms with E-state index in [1.807, 2.05) is 60.4 Å². The van der Waals surface area contributed by atoms with Gasteiger partial charge in [0.2, 0.25) is 11.7 Å². The van der Waals surface area contributed by atoms with Crippen molar-refractivity contribution in [2.75, 3.05) is 6.54 Å². The van der Waals surface area contributed by atoms with E-state index in [9.17, 15) is 4.79 Å². The third-order valence-electron chi connectivity index (χ3n) is 5.92. The minimum atomic E-state index is 0.0974. The average molecular weight is 404 g/mol. The monoisotopic (exact) mass is 403 g/mol. The second-order valence-corrected chi connectivity index (χ2v) is 8.28. The Morgan fingerprint density at radius 3 is 2.27 bits per heavy atom. The standard InChI is InChI=1S/C25H29N3O2/c1-18-8-12-20(13-9-18)24-26-23(30-27-24)16-17-28(22-6-4-3-5-7-22)25(29)21-14-10-19(2)11-15-21/h8-15,22H,3-7,16-17H2,1-2H3. The fourth-order valence-electron chi connectivity index (χ4n) is 4.10. The van der Waals surface area contributed by atoms with Crippen LogP contribution in [-0.4, -0.2) is 33.5 Å². The molecule has 0 saturated heterocycles. The maximum Gasteiger partial charge on any atom is 0.254 e. The smallest absolute Gasteiger partial charge is 0.254 e. The summed E-state index contributed by atoms with van der Waals surface area (Å²) in [6.07, 6.45) is 6.31. The molecule has 0 N–H and O–H groups in total. The van der Waals surface area contributed by atoms with Crippen LogP contribution >= 0.6 is 0 Å². The van der Waals surface area contributed by atoms with E-state index in [0.717, 1.165) is 29.5 Å². The third kappa shape index (κ3) is 4.78. The van der Waals surface area contributed by atoms with Crippen LogP contribution in [0.2, 0.25) is 0 Å². The molecule has 2 aromatic carbocycles. The minimum Gasteiger partial charge on any atom is -0.339 e. The highest BCUT2D eigenvalue weighted by Gasteiger charge is 2.26. The van der Waals surface area contributed by atoms with Gasteiger partial charge in [0.15, 0.2) is 0 Å². The number of hydrogen-bond donors (Lipinski definition) is 0. The quantitative estimate of drug-likeness (QED) is 0.555. The van der Waals surface area contributed by atoms with Crippen LogP contribution in [0.5, 0.6) is 0 Å². The highest BCUT2D eigenvalue weighted by Crippen LogP contribution is 2.25. The normalized spacial score (nSPS) is 14.6. The van der Waals surface area contributed by atoms with Crippen molar-refractivity contribution in [2.45, 2.75) is 58.4 Å². The Kier molecular flexibility index (Phi) is 6.26. The van der Waals surface area contributed by atoms with Gasteiger partial charge in [-0.1, -0.05) is 71.9 Å². The van der Waals surface area contributed by atoms with Gasteiger partial charge in [0.1, 0.15) is 0 Å². The molecule has 4 rings (SSSR count). The van der Waals surface area contributed by atoms with Crippen LogP contribution in [0.15, 0.2) is 53.1 Å². The van der Waals surface area contributed by atoms with Gasteiger partial charge < -0.3 is 9.42 Å². The minimum absolute atomic E-state index is 0.0974. The Morgan fingerprint density at radius 2 is 1.60 bits per heavy atom. The fraction of sp³-hybridized carbons (Fsp3) is 0.400. The number of aryl methyl sites for hydroxylation is 2. The van der Waals surface area contributed by atoms with E-state index >= 15 is 0 Å². The molecule has 1 saturated carbocycles. The zero-order valence-electron chi connectivity index (χ0n) is 17.8. The first-order valence-electron chi connectivity index (χ1n) is 10.9. The summed E-state index contributed by atoms with van der Waals surface area (Å²) < 4.78 is 5.49. The summed E-state index contributed by atoms with van der Waals surface area (Å²) in [6, 6.07) is 16.2. The number of carbonyl (C=O) groups is 1. The molecule has 0 unspecified atom stereocenters. The van der Waals surface area contributed by atoms with Crippen LogP contribution in [0, 0.1) is 13.8 Å². The molecule has 30 heavy (non-hydrogen) atoms. The van der Waals surface area contributed by atoms with Crippen LogP contribution in [0.25, 0.3) is 11.4 Å². The molecule has 0 atom stereocenters. The van der Waals surface area contributed by atoms with Crippen molar-refractivity contribution in [3.05, 3.63) is 71.1 Å². The number of aromatic nitrogens is 2. The number of benzene rings is 2. The first-order valence-corrected chi connectivity index (χ1v) is 10.9. The predicted octanol–water partition coefficient (Wildman–Crippen LogP) is 5.37. The number of amides is 1. The highest BCUT2D eigenvalue weighted by atomic mass is 16.5. The molecular weight excluding hydrogens is 374 g/mol. The average Bonchev–Trinajstić information content (AvgIpc) is 3.24. The molecule has 1 heterocycles. The SMILES string of the molecule is Cc1ccc(C(=O)N(CCc2nc(-c3ccc(C)cc3)no2)C2CCCCC2)cc1. The van der Waals surface area contributed by atoms with Gasteiger partial charge in [-0.3, -0.25) is 4.79 Å². The van der Waals surface area contributed by atoms with E-state index < -0.39 is 0 Å². The zero-order chi connectivity index (χ0) is 20.9. The van der Waals surface area contributed by atoms with Crippen LogP contribution < -0.4 is 0 Å². The fourth-order valence-corrected chi connectivity index (χ4v) is 4.10. The van der Waals surface area contributed by atoms with Crippen molar-refractivity contribution in [1.82, 2.24) is 15.0 Å². The summed E-state index contributed by atoms with van der Waals surface area (Å²) in [4.78, 5) is 19.9. The largest absolute Gasteiger partial charge is 0.339 e. The molecule has 0 bridgehead atoms. The number of carbonyl (C=O) groups excluding carboxylic acids is 1. The van der Waals surface area contributed by atoms with Gasteiger partial charge in [0, 0.05) is 30.1 Å². The van der Waals surface area contributed by atoms with Crippen molar-refractivity contribution in [2.24, 2.45) is 0 Å². The molecule has 0 radical (unpaired) electrons. The Balaban J connectivity index is 1.48. The van der Waals surface area contributed by atoms with Crippen LogP contribution in [-0.2, 0) is 6.42 Å². The van der Waals surface area contributed by atoms with Gasteiger partial charge in [0.05, 0.1) is 0 Å². The summed E-state index contributed by atoms with van der Waals surface area (Å²) in [5, 5.41) is 4.13. The number of rotatable bonds is 6. The van der Waals surface area contributed by atoms with Crippen LogP contribution in [0.1, 0.15) is 59.5 Å². The third-order valence-corrected chi connectivity index (χ3v) is 5.92. The van der Waals surface area contributed by atoms with Crippen molar-refractivity contribution in [3.63, 3.8) is 0 Å². The second kappa shape index (κ2) is 9.24. The number of hydrogen-bond acceptors (Lipinski definition) is 4. The zero-order valence-corrected chi connectivity index (χ0v) is 17.8. The summed E-state index contributed by atoms with van der Waals surface area (Å²) in [7, 11) is 0. The van der Waals surface area contributed by atoms with Gasteiger partial charge in [-0.2, -0.15) is 4.98 Å². The van der Waals surface area contributed by atoms with Crippen molar-refractivity contribution in [1.29, 1.82) is 0 Å². The molecule has 1 fully saturated rings. The van der Waals surface area contributed by atoms with E-state index in [1.165, 1.54) is 24.8 Å². The van der Waals surface area contributed by atoms with Crippen molar-refractivity contribution in [3.8, 4) is 11.4 Å². The summed E-state index contributed by atoms with van der Waals surface area (Å²) in [5.74, 6) is 1.27. The molecule has 0 aliphatic heterocycles. The lowest BCUT2D eigenvalue weighted by atomic mass is 9.93. The lowest BCUT2D eigenvalue weighted by Crippen LogP contribution is -2.42. The molecule has 5 nitrogen and oxygen atoms in total. The van der Waals surface area contributed by atoms with Crippen LogP contribution in [0.4, 0.5) is 0 Å². The molecular formula is C25H29N3O2. The molecule has 1 aromatic heterocycles. The molecule has 0 spiro atoms. The molecule has 156 valence electrons. The Hall–Kier alpha value is -2.95. The molecule has 5 heteroatoms. The first-order chi connectivity index (χ1) is 14.6. The Bertz CT molecular complexity index is 970. The topological polar surface area (TPSA) is 59.2 Å². The van der Waals surface area contributed by atoms with Crippen molar-refractivity contribution < 1.29 is 9.32 Å². The molecule has 3 aromatic rings. The molecule has 1 aliphatic rings. The lowest BCUT2D eigenvalue weighted by molar-refractivity contribution is 0.0632. The van der Waals surface area contributed by atoms with Gasteiger partial charge in [-0.15, -0.1) is 0 Å². The van der Waals surface area contributed by atoms with E-state index in [4.69, 9.17) is 4.52 Å². The maximum atomic E-state index is 13.3. The van der Waals surface area contributed by atoms with Crippen LogP contribution in [0.3, 0.4) is 0 Å². The first kappa shape index (κ1) is 20.3. The Morgan fingerprint density at radius 1 is 0.967 bits per heavy atom. The Labute approximate surface area is 178 Å². The van der Waals surface area contributed by atoms with Gasteiger partial charge in [-0.25, -0.2) is 0 Å². The lowest BCUT2D eigenvalue weighted by Gasteiger charge is -2.34. The summed E-state index contributed by atoms with van der Waals surface area (Å²) >= 11 is 0. The highest BCUT2D eigenvalue weighted by molar-refractivity contribution is 5.94. The molecule has 1 aliphatic carbocycles. The van der Waals surface area contributed by atoms with Gasteiger partial charge >= 0.3 is 0 Å². The number of nitrogens with zero attached hydrogens (tertiary/aromatic N) is 3. The van der Waals surface area contributed by atoms with E-state index in [-0.39, 0.29) is 11.9 Å². The predicted molar refractivity (Wildman–Crippen MR) is 117 cm³/mol. The summed E-state index contributed by atoms with van der Waals surface area (Å²) in [6.45, 7) is 4.68. The van der Waals surface area contributed by atoms with E-state index in [1.54, 1.807) is 0 Å².